The average molecular weight is 340 g/mol. The summed E-state index contributed by atoms with van der Waals surface area (Å²) in [6, 6.07) is 5.97. The summed E-state index contributed by atoms with van der Waals surface area (Å²) in [5, 5.41) is 8.66. The lowest BCUT2D eigenvalue weighted by molar-refractivity contribution is -0.131. The lowest BCUT2D eigenvalue weighted by atomic mass is 10.1. The second kappa shape index (κ2) is 6.90. The van der Waals surface area contributed by atoms with Crippen LogP contribution in [0.3, 0.4) is 0 Å². The minimum atomic E-state index is -0.945. The molecule has 0 amide bonds. The zero-order valence-electron chi connectivity index (χ0n) is 11.4. The molecular weight excluding hydrogens is 322 g/mol. The highest BCUT2D eigenvalue weighted by atomic mass is 79.9. The fourth-order valence-corrected chi connectivity index (χ4v) is 2.74. The summed E-state index contributed by atoms with van der Waals surface area (Å²) >= 11 is 3.50. The number of carbonyl (C=O) groups is 1. The van der Waals surface area contributed by atoms with Crippen molar-refractivity contribution in [2.24, 2.45) is 0 Å². The van der Waals surface area contributed by atoms with Crippen LogP contribution in [-0.4, -0.2) is 36.9 Å². The van der Waals surface area contributed by atoms with Crippen LogP contribution in [0.15, 0.2) is 28.7 Å². The Bertz CT molecular complexity index is 516. The maximum atomic E-state index is 10.5. The molecule has 1 heterocycles. The van der Waals surface area contributed by atoms with Crippen molar-refractivity contribution in [3.05, 3.63) is 34.3 Å². The molecule has 1 atom stereocenters. The maximum absolute atomic E-state index is 10.5. The molecule has 1 unspecified atom stereocenters. The van der Waals surface area contributed by atoms with Gasteiger partial charge in [0.1, 0.15) is 0 Å². The monoisotopic (exact) mass is 339 g/mol. The molecule has 1 aromatic carbocycles. The van der Waals surface area contributed by atoms with Gasteiger partial charge in [-0.05, 0) is 37.1 Å². The number of halogens is 1. The second-order valence-corrected chi connectivity index (χ2v) is 5.71. The molecule has 2 rings (SSSR count). The van der Waals surface area contributed by atoms with Crippen LogP contribution in [-0.2, 0) is 9.53 Å². The standard InChI is InChI=1S/C15H18BrNO3/c1-11-10-17(7-2-8-20-11)13-5-3-12(14(16)9-13)4-6-15(18)19/h3-6,9,11H,2,7-8,10H2,1H3,(H,18,19)/b6-4+. The number of aliphatic carboxylic acids is 1. The SMILES string of the molecule is CC1CN(c2ccc(/C=C/C(=O)O)c(Br)c2)CCCO1. The lowest BCUT2D eigenvalue weighted by Crippen LogP contribution is -2.30. The van der Waals surface area contributed by atoms with Gasteiger partial charge in [-0.3, -0.25) is 0 Å². The molecule has 0 bridgehead atoms. The van der Waals surface area contributed by atoms with Crippen molar-refractivity contribution in [1.29, 1.82) is 0 Å². The second-order valence-electron chi connectivity index (χ2n) is 4.86. The van der Waals surface area contributed by atoms with Crippen LogP contribution in [0.1, 0.15) is 18.9 Å². The summed E-state index contributed by atoms with van der Waals surface area (Å²) in [5.41, 5.74) is 1.98. The van der Waals surface area contributed by atoms with Crippen LogP contribution in [0.25, 0.3) is 6.08 Å². The zero-order valence-corrected chi connectivity index (χ0v) is 13.0. The molecule has 4 nitrogen and oxygen atoms in total. The van der Waals surface area contributed by atoms with Gasteiger partial charge in [0.25, 0.3) is 0 Å². The Labute approximate surface area is 127 Å². The van der Waals surface area contributed by atoms with Gasteiger partial charge in [-0.2, -0.15) is 0 Å². The quantitative estimate of drug-likeness (QED) is 0.859. The van der Waals surface area contributed by atoms with Crippen molar-refractivity contribution in [1.82, 2.24) is 0 Å². The summed E-state index contributed by atoms with van der Waals surface area (Å²) in [6.45, 7) is 4.73. The summed E-state index contributed by atoms with van der Waals surface area (Å²) in [6.07, 6.45) is 3.97. The smallest absolute Gasteiger partial charge is 0.328 e. The van der Waals surface area contributed by atoms with Gasteiger partial charge in [0, 0.05) is 35.9 Å². The van der Waals surface area contributed by atoms with Crippen LogP contribution < -0.4 is 4.90 Å². The molecule has 1 saturated heterocycles. The van der Waals surface area contributed by atoms with Crippen LogP contribution in [0.4, 0.5) is 5.69 Å². The number of hydrogen-bond donors (Lipinski definition) is 1. The first-order valence-electron chi connectivity index (χ1n) is 6.63. The van der Waals surface area contributed by atoms with E-state index in [4.69, 9.17) is 9.84 Å². The molecule has 1 fully saturated rings. The zero-order chi connectivity index (χ0) is 14.5. The molecule has 0 spiro atoms. The third-order valence-electron chi connectivity index (χ3n) is 3.21. The molecule has 108 valence electrons. The first-order valence-corrected chi connectivity index (χ1v) is 7.42. The topological polar surface area (TPSA) is 49.8 Å². The summed E-state index contributed by atoms with van der Waals surface area (Å²) < 4.78 is 6.54. The van der Waals surface area contributed by atoms with Crippen molar-refractivity contribution in [3.8, 4) is 0 Å². The Morgan fingerprint density at radius 3 is 3.05 bits per heavy atom. The minimum absolute atomic E-state index is 0.225. The van der Waals surface area contributed by atoms with E-state index in [1.165, 1.54) is 0 Å². The molecule has 0 aromatic heterocycles. The summed E-state index contributed by atoms with van der Waals surface area (Å²) in [7, 11) is 0. The van der Waals surface area contributed by atoms with Crippen LogP contribution in [0.5, 0.6) is 0 Å². The van der Waals surface area contributed by atoms with E-state index >= 15 is 0 Å². The van der Waals surface area contributed by atoms with Crippen molar-refractivity contribution < 1.29 is 14.6 Å². The maximum Gasteiger partial charge on any atom is 0.328 e. The fourth-order valence-electron chi connectivity index (χ4n) is 2.24. The first-order chi connectivity index (χ1) is 9.56. The van der Waals surface area contributed by atoms with Gasteiger partial charge in [-0.25, -0.2) is 4.79 Å². The molecule has 5 heteroatoms. The van der Waals surface area contributed by atoms with Gasteiger partial charge >= 0.3 is 5.97 Å². The predicted octanol–water partition coefficient (Wildman–Crippen LogP) is 3.16. The number of carboxylic acids is 1. The largest absolute Gasteiger partial charge is 0.478 e. The van der Waals surface area contributed by atoms with Crippen molar-refractivity contribution in [2.45, 2.75) is 19.4 Å². The number of rotatable bonds is 3. The molecule has 0 radical (unpaired) electrons. The van der Waals surface area contributed by atoms with E-state index in [-0.39, 0.29) is 6.10 Å². The molecule has 20 heavy (non-hydrogen) atoms. The summed E-state index contributed by atoms with van der Waals surface area (Å²) in [4.78, 5) is 12.8. The van der Waals surface area contributed by atoms with Gasteiger partial charge in [-0.15, -0.1) is 0 Å². The predicted molar refractivity (Wildman–Crippen MR) is 83.1 cm³/mol. The molecular formula is C15H18BrNO3. The lowest BCUT2D eigenvalue weighted by Gasteiger charge is -2.24. The average Bonchev–Trinajstić information content (AvgIpc) is 2.62. The number of benzene rings is 1. The first kappa shape index (κ1) is 15.1. The van der Waals surface area contributed by atoms with E-state index in [0.29, 0.717) is 0 Å². The Morgan fingerprint density at radius 2 is 2.35 bits per heavy atom. The molecule has 1 N–H and O–H groups in total. The molecule has 0 aliphatic carbocycles. The number of hydrogen-bond acceptors (Lipinski definition) is 3. The van der Waals surface area contributed by atoms with Crippen LogP contribution in [0, 0.1) is 0 Å². The van der Waals surface area contributed by atoms with Gasteiger partial charge in [-0.1, -0.05) is 22.0 Å². The Morgan fingerprint density at radius 1 is 1.55 bits per heavy atom. The Balaban J connectivity index is 2.17. The minimum Gasteiger partial charge on any atom is -0.478 e. The third-order valence-corrected chi connectivity index (χ3v) is 3.89. The highest BCUT2D eigenvalue weighted by Crippen LogP contribution is 2.26. The van der Waals surface area contributed by atoms with E-state index in [2.05, 4.69) is 27.8 Å². The van der Waals surface area contributed by atoms with Crippen LogP contribution in [0.2, 0.25) is 0 Å². The van der Waals surface area contributed by atoms with Gasteiger partial charge in [0.15, 0.2) is 0 Å². The van der Waals surface area contributed by atoms with Gasteiger partial charge in [0.05, 0.1) is 6.10 Å². The van der Waals surface area contributed by atoms with Gasteiger partial charge in [0.2, 0.25) is 0 Å². The summed E-state index contributed by atoms with van der Waals surface area (Å²) in [5.74, 6) is -0.945. The van der Waals surface area contributed by atoms with E-state index in [1.54, 1.807) is 6.08 Å². The van der Waals surface area contributed by atoms with E-state index in [9.17, 15) is 4.79 Å². The van der Waals surface area contributed by atoms with Gasteiger partial charge < -0.3 is 14.7 Å². The Hall–Kier alpha value is -1.33. The highest BCUT2D eigenvalue weighted by Gasteiger charge is 2.15. The molecule has 1 aliphatic rings. The normalized spacial score (nSPS) is 20.1. The molecule has 1 aromatic rings. The number of nitrogens with zero attached hydrogens (tertiary/aromatic N) is 1. The fraction of sp³-hybridized carbons (Fsp3) is 0.400. The van der Waals surface area contributed by atoms with Crippen LogP contribution >= 0.6 is 15.9 Å². The highest BCUT2D eigenvalue weighted by molar-refractivity contribution is 9.10. The third kappa shape index (κ3) is 4.08. The number of carboxylic acid groups (broad SMARTS) is 1. The molecule has 0 saturated carbocycles. The van der Waals surface area contributed by atoms with Crippen molar-refractivity contribution >= 4 is 33.7 Å². The van der Waals surface area contributed by atoms with E-state index < -0.39 is 5.97 Å². The van der Waals surface area contributed by atoms with Crippen molar-refractivity contribution in [2.75, 3.05) is 24.6 Å². The molecule has 1 aliphatic heterocycles. The Kier molecular flexibility index (Phi) is 5.20. The van der Waals surface area contributed by atoms with E-state index in [1.807, 2.05) is 18.2 Å². The van der Waals surface area contributed by atoms with Crippen molar-refractivity contribution in [3.63, 3.8) is 0 Å². The number of anilines is 1. The van der Waals surface area contributed by atoms with E-state index in [0.717, 1.165) is 47.9 Å². The number of ether oxygens (including phenoxy) is 1.